The predicted molar refractivity (Wildman–Crippen MR) is 129 cm³/mol. The molecule has 0 spiro atoms. The minimum absolute atomic E-state index is 0.00954. The van der Waals surface area contributed by atoms with Gasteiger partial charge in [-0.05, 0) is 71.7 Å². The molecule has 1 aliphatic rings. The number of nitrogens with zero attached hydrogens (tertiary/aromatic N) is 1. The summed E-state index contributed by atoms with van der Waals surface area (Å²) in [5.41, 5.74) is 3.98. The highest BCUT2D eigenvalue weighted by molar-refractivity contribution is 6.61. The van der Waals surface area contributed by atoms with Crippen molar-refractivity contribution in [2.45, 2.75) is 19.9 Å². The summed E-state index contributed by atoms with van der Waals surface area (Å²) in [6.07, 6.45) is 3.37. The monoisotopic (exact) mass is 478 g/mol. The fourth-order valence-electron chi connectivity index (χ4n) is 4.11. The average Bonchev–Trinajstić information content (AvgIpc) is 3.44. The van der Waals surface area contributed by atoms with E-state index in [1.165, 1.54) is 26.5 Å². The lowest BCUT2D eigenvalue weighted by atomic mass is 9.78. The van der Waals surface area contributed by atoms with Crippen LogP contribution in [-0.4, -0.2) is 42.3 Å². The van der Waals surface area contributed by atoms with E-state index in [-0.39, 0.29) is 35.8 Å². The van der Waals surface area contributed by atoms with E-state index in [4.69, 9.17) is 13.9 Å². The Bertz CT molecular complexity index is 1290. The molecule has 0 aliphatic heterocycles. The zero-order valence-electron chi connectivity index (χ0n) is 19.5. The molecule has 35 heavy (non-hydrogen) atoms. The molecule has 0 saturated carbocycles. The van der Waals surface area contributed by atoms with Crippen LogP contribution in [0.25, 0.3) is 17.2 Å². The molecule has 10 heteroatoms. The zero-order valence-corrected chi connectivity index (χ0v) is 19.5. The number of fused-ring (bicyclic) bond motifs is 1. The molecule has 1 aromatic carbocycles. The molecule has 0 bridgehead atoms. The molecule has 1 aliphatic carbocycles. The van der Waals surface area contributed by atoms with Crippen LogP contribution in [0.4, 0.5) is 4.39 Å². The third-order valence-electron chi connectivity index (χ3n) is 5.81. The lowest BCUT2D eigenvalue weighted by molar-refractivity contribution is -0.120. The van der Waals surface area contributed by atoms with E-state index in [0.29, 0.717) is 28.2 Å². The molecule has 8 nitrogen and oxygen atoms in total. The Hall–Kier alpha value is -3.89. The smallest absolute Gasteiger partial charge is 0.496 e. The number of aromatic nitrogens is 1. The van der Waals surface area contributed by atoms with E-state index in [9.17, 15) is 19.2 Å². The summed E-state index contributed by atoms with van der Waals surface area (Å²) in [6, 6.07) is 9.68. The van der Waals surface area contributed by atoms with Crippen molar-refractivity contribution in [3.8, 4) is 11.5 Å². The first kappa shape index (κ1) is 24.2. The van der Waals surface area contributed by atoms with Gasteiger partial charge in [0.2, 0.25) is 11.9 Å². The first-order valence-corrected chi connectivity index (χ1v) is 10.8. The minimum atomic E-state index is -1.78. The molecule has 0 atom stereocenters. The van der Waals surface area contributed by atoms with Crippen LogP contribution < -0.4 is 20.3 Å². The first-order valence-electron chi connectivity index (χ1n) is 10.8. The third-order valence-corrected chi connectivity index (χ3v) is 5.81. The summed E-state index contributed by atoms with van der Waals surface area (Å²) < 4.78 is 30.0. The number of halogens is 1. The van der Waals surface area contributed by atoms with Crippen molar-refractivity contribution in [1.82, 2.24) is 10.3 Å². The highest BCUT2D eigenvalue weighted by Gasteiger charge is 2.28. The second kappa shape index (κ2) is 10.2. The van der Waals surface area contributed by atoms with Crippen molar-refractivity contribution in [3.05, 3.63) is 76.8 Å². The summed E-state index contributed by atoms with van der Waals surface area (Å²) in [7, 11) is 1.05. The van der Waals surface area contributed by atoms with Gasteiger partial charge < -0.3 is 29.3 Å². The molecule has 0 radical (unpaired) electrons. The summed E-state index contributed by atoms with van der Waals surface area (Å²) in [4.78, 5) is 16.7. The van der Waals surface area contributed by atoms with Crippen LogP contribution in [0.5, 0.6) is 11.5 Å². The second-order valence-corrected chi connectivity index (χ2v) is 7.94. The number of pyridine rings is 1. The Labute approximate surface area is 201 Å². The van der Waals surface area contributed by atoms with E-state index in [2.05, 4.69) is 10.3 Å². The molecule has 180 valence electrons. The van der Waals surface area contributed by atoms with Crippen molar-refractivity contribution in [1.29, 1.82) is 0 Å². The minimum Gasteiger partial charge on any atom is -0.497 e. The van der Waals surface area contributed by atoms with E-state index in [0.717, 1.165) is 11.1 Å². The fourth-order valence-corrected chi connectivity index (χ4v) is 4.11. The molecule has 1 amide bonds. The maximum Gasteiger partial charge on any atom is 0.496 e. The van der Waals surface area contributed by atoms with E-state index < -0.39 is 13.1 Å². The number of amides is 1. The molecule has 2 heterocycles. The fraction of sp³-hybridized carbons (Fsp3) is 0.200. The zero-order chi connectivity index (χ0) is 25.1. The number of nitrogens with one attached hydrogen (secondary N) is 1. The van der Waals surface area contributed by atoms with Gasteiger partial charge in [0.25, 0.3) is 0 Å². The maximum atomic E-state index is 14.1. The van der Waals surface area contributed by atoms with Crippen LogP contribution >= 0.6 is 0 Å². The van der Waals surface area contributed by atoms with Gasteiger partial charge in [-0.3, -0.25) is 4.79 Å². The number of hydrogen-bond acceptors (Lipinski definition) is 7. The molecule has 0 unspecified atom stereocenters. The number of carbonyl (C=O) groups is 1. The lowest BCUT2D eigenvalue weighted by Gasteiger charge is -2.14. The van der Waals surface area contributed by atoms with Crippen molar-refractivity contribution in [2.24, 2.45) is 0 Å². The maximum absolute atomic E-state index is 14.1. The van der Waals surface area contributed by atoms with Crippen LogP contribution in [0.3, 0.4) is 0 Å². The summed E-state index contributed by atoms with van der Waals surface area (Å²) in [5, 5.41) is 22.3. The topological polar surface area (TPSA) is 114 Å². The van der Waals surface area contributed by atoms with Crippen LogP contribution in [0, 0.1) is 5.95 Å². The number of methoxy groups -OCH3 is 2. The number of ether oxygens (including phenoxy) is 2. The Morgan fingerprint density at radius 3 is 2.51 bits per heavy atom. The van der Waals surface area contributed by atoms with Gasteiger partial charge in [0, 0.05) is 5.56 Å². The summed E-state index contributed by atoms with van der Waals surface area (Å²) in [6.45, 7) is 2.09. The molecule has 2 aromatic heterocycles. The molecular formula is C25H24BFN2O6. The van der Waals surface area contributed by atoms with Gasteiger partial charge in [0.1, 0.15) is 17.3 Å². The SMILES string of the molecule is COc1cc(/C=C2/C(C)=C(CC(=O)NCc3ccco3)c3nc(F)ccc32)cc(OC)c1B(O)O. The van der Waals surface area contributed by atoms with Crippen molar-refractivity contribution < 1.29 is 33.1 Å². The number of allylic oxidation sites excluding steroid dienone is 2. The van der Waals surface area contributed by atoms with Gasteiger partial charge in [-0.25, -0.2) is 4.98 Å². The average molecular weight is 478 g/mol. The van der Waals surface area contributed by atoms with Gasteiger partial charge >= 0.3 is 7.12 Å². The van der Waals surface area contributed by atoms with Crippen molar-refractivity contribution in [3.63, 3.8) is 0 Å². The van der Waals surface area contributed by atoms with Crippen LogP contribution in [0.1, 0.15) is 35.9 Å². The van der Waals surface area contributed by atoms with Crippen LogP contribution in [-0.2, 0) is 11.3 Å². The Morgan fingerprint density at radius 1 is 1.20 bits per heavy atom. The van der Waals surface area contributed by atoms with E-state index in [1.807, 2.05) is 13.0 Å². The second-order valence-electron chi connectivity index (χ2n) is 7.94. The highest BCUT2D eigenvalue weighted by Crippen LogP contribution is 2.43. The normalized spacial score (nSPS) is 13.7. The number of benzene rings is 1. The van der Waals surface area contributed by atoms with Crippen molar-refractivity contribution in [2.75, 3.05) is 14.2 Å². The summed E-state index contributed by atoms with van der Waals surface area (Å²) >= 11 is 0. The standard InChI is InChI=1S/C25H24BFN2O6/c1-14-18(9-15-10-20(33-2)24(26(31)32)21(11-15)34-3)17-6-7-22(27)29-25(17)19(14)12-23(30)28-13-16-5-4-8-35-16/h4-11,31-32H,12-13H2,1-3H3,(H,28,30)/b18-9-. The number of carbonyl (C=O) groups excluding carboxylic acids is 1. The number of furan rings is 1. The Balaban J connectivity index is 1.72. The third kappa shape index (κ3) is 4.98. The van der Waals surface area contributed by atoms with E-state index in [1.54, 1.807) is 30.3 Å². The Kier molecular flexibility index (Phi) is 7.04. The van der Waals surface area contributed by atoms with Gasteiger partial charge in [0.05, 0.1) is 44.6 Å². The first-order chi connectivity index (χ1) is 16.8. The lowest BCUT2D eigenvalue weighted by Crippen LogP contribution is -2.32. The molecule has 0 fully saturated rings. The molecular weight excluding hydrogens is 454 g/mol. The van der Waals surface area contributed by atoms with E-state index >= 15 is 0 Å². The highest BCUT2D eigenvalue weighted by atomic mass is 19.1. The van der Waals surface area contributed by atoms with Crippen LogP contribution in [0.15, 0.2) is 52.7 Å². The summed E-state index contributed by atoms with van der Waals surface area (Å²) in [5.74, 6) is 0.205. The largest absolute Gasteiger partial charge is 0.497 e. The molecule has 3 N–H and O–H groups in total. The van der Waals surface area contributed by atoms with Crippen LogP contribution in [0.2, 0.25) is 0 Å². The van der Waals surface area contributed by atoms with Gasteiger partial charge in [0.15, 0.2) is 0 Å². The molecule has 4 rings (SSSR count). The van der Waals surface area contributed by atoms with Crippen molar-refractivity contribution >= 4 is 35.7 Å². The predicted octanol–water partition coefficient (Wildman–Crippen LogP) is 2.54. The van der Waals surface area contributed by atoms with Gasteiger partial charge in [-0.2, -0.15) is 4.39 Å². The quantitative estimate of drug-likeness (QED) is 0.337. The number of hydrogen-bond donors (Lipinski definition) is 3. The van der Waals surface area contributed by atoms with Gasteiger partial charge in [-0.15, -0.1) is 0 Å². The Morgan fingerprint density at radius 2 is 1.91 bits per heavy atom. The molecule has 3 aromatic rings. The number of rotatable bonds is 8. The van der Waals surface area contributed by atoms with Gasteiger partial charge in [-0.1, -0.05) is 0 Å². The molecule has 0 saturated heterocycles.